The summed E-state index contributed by atoms with van der Waals surface area (Å²) in [7, 11) is 0. The van der Waals surface area contributed by atoms with Gasteiger partial charge < -0.3 is 9.64 Å². The Morgan fingerprint density at radius 3 is 2.79 bits per heavy atom. The van der Waals surface area contributed by atoms with Gasteiger partial charge in [-0.2, -0.15) is 5.10 Å². The van der Waals surface area contributed by atoms with E-state index in [1.165, 1.54) is 5.69 Å². The Balaban J connectivity index is 1.40. The van der Waals surface area contributed by atoms with Crippen molar-refractivity contribution in [3.05, 3.63) is 47.8 Å². The number of carbonyl (C=O) groups is 1. The Kier molecular flexibility index (Phi) is 4.24. The van der Waals surface area contributed by atoms with Crippen molar-refractivity contribution in [3.63, 3.8) is 0 Å². The smallest absolute Gasteiger partial charge is 0.226 e. The molecule has 0 bridgehead atoms. The average molecular weight is 325 g/mol. The summed E-state index contributed by atoms with van der Waals surface area (Å²) in [5, 5.41) is 7.10. The van der Waals surface area contributed by atoms with Gasteiger partial charge in [-0.05, 0) is 43.4 Å². The highest BCUT2D eigenvalue weighted by molar-refractivity contribution is 5.79. The molecule has 1 fully saturated rings. The SMILES string of the molecule is O=C(C1CCOc2ccccc2C1)N1CCC(c2ccn[nH]2)CC1. The maximum Gasteiger partial charge on any atom is 0.226 e. The number of aromatic amines is 1. The van der Waals surface area contributed by atoms with Crippen LogP contribution in [0.5, 0.6) is 5.75 Å². The molecule has 1 N–H and O–H groups in total. The van der Waals surface area contributed by atoms with Gasteiger partial charge in [0.25, 0.3) is 0 Å². The van der Waals surface area contributed by atoms with E-state index in [1.54, 1.807) is 6.20 Å². The first-order valence-corrected chi connectivity index (χ1v) is 8.80. The molecule has 0 saturated carbocycles. The van der Waals surface area contributed by atoms with E-state index < -0.39 is 0 Å². The van der Waals surface area contributed by atoms with Crippen molar-refractivity contribution in [1.29, 1.82) is 0 Å². The van der Waals surface area contributed by atoms with Crippen LogP contribution in [0.4, 0.5) is 0 Å². The first kappa shape index (κ1) is 15.2. The number of rotatable bonds is 2. The van der Waals surface area contributed by atoms with Crippen molar-refractivity contribution in [3.8, 4) is 5.75 Å². The van der Waals surface area contributed by atoms with Crippen LogP contribution in [0.2, 0.25) is 0 Å². The highest BCUT2D eigenvalue weighted by Gasteiger charge is 2.30. The zero-order valence-electron chi connectivity index (χ0n) is 13.8. The predicted molar refractivity (Wildman–Crippen MR) is 90.9 cm³/mol. The van der Waals surface area contributed by atoms with Crippen molar-refractivity contribution in [2.24, 2.45) is 5.92 Å². The maximum atomic E-state index is 13.0. The number of amides is 1. The molecule has 4 rings (SSSR count). The summed E-state index contributed by atoms with van der Waals surface area (Å²) in [6.45, 7) is 2.29. The van der Waals surface area contributed by atoms with Gasteiger partial charge in [0.15, 0.2) is 0 Å². The second-order valence-corrected chi connectivity index (χ2v) is 6.76. The Morgan fingerprint density at radius 1 is 1.17 bits per heavy atom. The number of H-pyrrole nitrogens is 1. The molecule has 0 radical (unpaired) electrons. The van der Waals surface area contributed by atoms with Crippen molar-refractivity contribution in [2.75, 3.05) is 19.7 Å². The highest BCUT2D eigenvalue weighted by Crippen LogP contribution is 2.30. The molecule has 1 amide bonds. The summed E-state index contributed by atoms with van der Waals surface area (Å²) in [5.74, 6) is 1.76. The minimum Gasteiger partial charge on any atom is -0.493 e. The van der Waals surface area contributed by atoms with E-state index in [9.17, 15) is 4.79 Å². The van der Waals surface area contributed by atoms with Crippen LogP contribution < -0.4 is 4.74 Å². The van der Waals surface area contributed by atoms with Crippen molar-refractivity contribution >= 4 is 5.91 Å². The van der Waals surface area contributed by atoms with Gasteiger partial charge in [-0.3, -0.25) is 9.89 Å². The number of nitrogens with one attached hydrogen (secondary N) is 1. The fourth-order valence-corrected chi connectivity index (χ4v) is 3.87. The summed E-state index contributed by atoms with van der Waals surface area (Å²) in [6.07, 6.45) is 5.40. The molecular formula is C19H23N3O2. The molecule has 0 aliphatic carbocycles. The van der Waals surface area contributed by atoms with E-state index in [1.807, 2.05) is 29.2 Å². The third-order valence-electron chi connectivity index (χ3n) is 5.28. The van der Waals surface area contributed by atoms with Gasteiger partial charge in [0.05, 0.1) is 6.61 Å². The molecule has 1 saturated heterocycles. The molecule has 3 heterocycles. The summed E-state index contributed by atoms with van der Waals surface area (Å²) >= 11 is 0. The molecule has 1 aromatic heterocycles. The summed E-state index contributed by atoms with van der Waals surface area (Å²) in [6, 6.07) is 10.1. The van der Waals surface area contributed by atoms with Crippen LogP contribution >= 0.6 is 0 Å². The van der Waals surface area contributed by atoms with Crippen LogP contribution in [-0.2, 0) is 11.2 Å². The second kappa shape index (κ2) is 6.67. The number of piperidine rings is 1. The number of hydrogen-bond donors (Lipinski definition) is 1. The van der Waals surface area contributed by atoms with Crippen LogP contribution in [-0.4, -0.2) is 40.7 Å². The number of aromatic nitrogens is 2. The molecule has 0 spiro atoms. The third kappa shape index (κ3) is 3.03. The normalized spacial score (nSPS) is 21.7. The number of hydrogen-bond acceptors (Lipinski definition) is 3. The van der Waals surface area contributed by atoms with Crippen LogP contribution in [0, 0.1) is 5.92 Å². The first-order valence-electron chi connectivity index (χ1n) is 8.80. The van der Waals surface area contributed by atoms with Crippen LogP contribution in [0.3, 0.4) is 0 Å². The number of carbonyl (C=O) groups excluding carboxylic acids is 1. The fourth-order valence-electron chi connectivity index (χ4n) is 3.87. The molecule has 2 aromatic rings. The monoisotopic (exact) mass is 325 g/mol. The van der Waals surface area contributed by atoms with Gasteiger partial charge in [-0.25, -0.2) is 0 Å². The summed E-state index contributed by atoms with van der Waals surface area (Å²) in [5.41, 5.74) is 2.35. The molecular weight excluding hydrogens is 302 g/mol. The lowest BCUT2D eigenvalue weighted by Gasteiger charge is -2.33. The van der Waals surface area contributed by atoms with Crippen LogP contribution in [0.15, 0.2) is 36.5 Å². The van der Waals surface area contributed by atoms with E-state index in [0.29, 0.717) is 18.4 Å². The maximum absolute atomic E-state index is 13.0. The average Bonchev–Trinajstić information content (AvgIpc) is 3.08. The van der Waals surface area contributed by atoms with Crippen molar-refractivity contribution in [1.82, 2.24) is 15.1 Å². The standard InChI is InChI=1S/C19H23N3O2/c23-19(16-8-12-24-18-4-2-1-3-15(18)13-16)22-10-6-14(7-11-22)17-5-9-20-21-17/h1-5,9,14,16H,6-8,10-13H2,(H,20,21). The Bertz CT molecular complexity index is 690. The minimum atomic E-state index is 0.0392. The highest BCUT2D eigenvalue weighted by atomic mass is 16.5. The van der Waals surface area contributed by atoms with Gasteiger partial charge in [-0.1, -0.05) is 18.2 Å². The number of benzene rings is 1. The molecule has 1 unspecified atom stereocenters. The lowest BCUT2D eigenvalue weighted by atomic mass is 9.91. The van der Waals surface area contributed by atoms with Crippen molar-refractivity contribution < 1.29 is 9.53 Å². The largest absolute Gasteiger partial charge is 0.493 e. The zero-order valence-corrected chi connectivity index (χ0v) is 13.8. The van der Waals surface area contributed by atoms with Gasteiger partial charge in [0.1, 0.15) is 5.75 Å². The quantitative estimate of drug-likeness (QED) is 0.923. The molecule has 24 heavy (non-hydrogen) atoms. The molecule has 1 atom stereocenters. The number of para-hydroxylation sites is 1. The van der Waals surface area contributed by atoms with E-state index in [0.717, 1.165) is 50.1 Å². The predicted octanol–water partition coefficient (Wildman–Crippen LogP) is 2.76. The molecule has 5 heteroatoms. The third-order valence-corrected chi connectivity index (χ3v) is 5.28. The molecule has 2 aliphatic rings. The second-order valence-electron chi connectivity index (χ2n) is 6.76. The Labute approximate surface area is 142 Å². The molecule has 5 nitrogen and oxygen atoms in total. The van der Waals surface area contributed by atoms with Crippen molar-refractivity contribution in [2.45, 2.75) is 31.6 Å². The molecule has 2 aliphatic heterocycles. The van der Waals surface area contributed by atoms with Crippen LogP contribution in [0.25, 0.3) is 0 Å². The topological polar surface area (TPSA) is 58.2 Å². The summed E-state index contributed by atoms with van der Waals surface area (Å²) < 4.78 is 5.80. The van der Waals surface area contributed by atoms with E-state index in [2.05, 4.69) is 16.3 Å². The number of ether oxygens (including phenoxy) is 1. The lowest BCUT2D eigenvalue weighted by Crippen LogP contribution is -2.42. The van der Waals surface area contributed by atoms with E-state index in [4.69, 9.17) is 4.74 Å². The number of nitrogens with zero attached hydrogens (tertiary/aromatic N) is 2. The first-order chi connectivity index (χ1) is 11.8. The fraction of sp³-hybridized carbons (Fsp3) is 0.474. The minimum absolute atomic E-state index is 0.0392. The Hall–Kier alpha value is -2.30. The van der Waals surface area contributed by atoms with E-state index in [-0.39, 0.29) is 5.92 Å². The van der Waals surface area contributed by atoms with Gasteiger partial charge in [0, 0.05) is 36.8 Å². The molecule has 126 valence electrons. The zero-order chi connectivity index (χ0) is 16.4. The lowest BCUT2D eigenvalue weighted by molar-refractivity contribution is -0.136. The van der Waals surface area contributed by atoms with Crippen LogP contribution in [0.1, 0.15) is 36.4 Å². The Morgan fingerprint density at radius 2 is 2.00 bits per heavy atom. The molecule has 1 aromatic carbocycles. The number of fused-ring (bicyclic) bond motifs is 1. The van der Waals surface area contributed by atoms with Gasteiger partial charge in [0.2, 0.25) is 5.91 Å². The van der Waals surface area contributed by atoms with Gasteiger partial charge in [-0.15, -0.1) is 0 Å². The number of likely N-dealkylation sites (tertiary alicyclic amines) is 1. The summed E-state index contributed by atoms with van der Waals surface area (Å²) in [4.78, 5) is 15.0. The van der Waals surface area contributed by atoms with E-state index >= 15 is 0 Å². The van der Waals surface area contributed by atoms with Gasteiger partial charge >= 0.3 is 0 Å².